The third kappa shape index (κ3) is 3.04. The Bertz CT molecular complexity index is 389. The van der Waals surface area contributed by atoms with Crippen LogP contribution in [-0.2, 0) is 11.3 Å². The molecule has 1 N–H and O–H groups in total. The summed E-state index contributed by atoms with van der Waals surface area (Å²) in [4.78, 5) is 18.5. The molecule has 17 heavy (non-hydrogen) atoms. The zero-order valence-electron chi connectivity index (χ0n) is 10.4. The van der Waals surface area contributed by atoms with Gasteiger partial charge >= 0.3 is 0 Å². The fraction of sp³-hybridized carbons (Fsp3) is 0.667. The zero-order valence-corrected chi connectivity index (χ0v) is 11.2. The smallest absolute Gasteiger partial charge is 0.240 e. The second kappa shape index (κ2) is 5.60. The van der Waals surface area contributed by atoms with Crippen LogP contribution in [0.5, 0.6) is 0 Å². The van der Waals surface area contributed by atoms with Gasteiger partial charge in [-0.1, -0.05) is 6.92 Å². The molecule has 1 aliphatic heterocycles. The van der Waals surface area contributed by atoms with Gasteiger partial charge in [0.2, 0.25) is 5.91 Å². The molecule has 1 aromatic heterocycles. The monoisotopic (exact) mass is 253 g/mol. The van der Waals surface area contributed by atoms with Crippen LogP contribution in [0, 0.1) is 6.92 Å². The van der Waals surface area contributed by atoms with E-state index >= 15 is 0 Å². The van der Waals surface area contributed by atoms with Gasteiger partial charge in [0.1, 0.15) is 5.01 Å². The van der Waals surface area contributed by atoms with Crippen molar-refractivity contribution >= 4 is 17.2 Å². The molecular weight excluding hydrogens is 234 g/mol. The number of carbonyl (C=O) groups excluding carboxylic acids is 1. The van der Waals surface area contributed by atoms with Crippen molar-refractivity contribution in [3.63, 3.8) is 0 Å². The zero-order chi connectivity index (χ0) is 12.3. The van der Waals surface area contributed by atoms with Crippen molar-refractivity contribution in [2.75, 3.05) is 13.1 Å². The van der Waals surface area contributed by atoms with Gasteiger partial charge in [-0.05, 0) is 26.3 Å². The predicted octanol–water partition coefficient (Wildman–Crippen LogP) is 1.55. The molecule has 2 heterocycles. The van der Waals surface area contributed by atoms with Gasteiger partial charge in [-0.3, -0.25) is 4.79 Å². The van der Waals surface area contributed by atoms with Crippen molar-refractivity contribution in [2.45, 2.75) is 39.3 Å². The van der Waals surface area contributed by atoms with Gasteiger partial charge in [0, 0.05) is 17.6 Å². The number of aromatic nitrogens is 1. The highest BCUT2D eigenvalue weighted by atomic mass is 32.1. The van der Waals surface area contributed by atoms with Gasteiger partial charge in [-0.2, -0.15) is 0 Å². The van der Waals surface area contributed by atoms with E-state index in [-0.39, 0.29) is 11.9 Å². The minimum atomic E-state index is 0.00908. The number of rotatable bonds is 4. The van der Waals surface area contributed by atoms with Crippen molar-refractivity contribution in [2.24, 2.45) is 0 Å². The van der Waals surface area contributed by atoms with E-state index in [1.165, 1.54) is 0 Å². The summed E-state index contributed by atoms with van der Waals surface area (Å²) in [5.74, 6) is 0.228. The lowest BCUT2D eigenvalue weighted by molar-refractivity contribution is -0.136. The average Bonchev–Trinajstić information content (AvgIpc) is 2.70. The molecular formula is C12H19N3OS. The van der Waals surface area contributed by atoms with Crippen LogP contribution in [0.1, 0.15) is 30.5 Å². The van der Waals surface area contributed by atoms with E-state index in [9.17, 15) is 4.79 Å². The van der Waals surface area contributed by atoms with Crippen LogP contribution in [-0.4, -0.2) is 34.9 Å². The maximum atomic E-state index is 12.2. The van der Waals surface area contributed by atoms with Crippen LogP contribution in [0.2, 0.25) is 0 Å². The Kier molecular flexibility index (Phi) is 4.12. The van der Waals surface area contributed by atoms with Gasteiger partial charge in [-0.15, -0.1) is 11.3 Å². The van der Waals surface area contributed by atoms with Crippen LogP contribution >= 0.6 is 11.3 Å². The molecule has 0 aliphatic carbocycles. The predicted molar refractivity (Wildman–Crippen MR) is 69.0 cm³/mol. The number of hydrogen-bond acceptors (Lipinski definition) is 4. The molecule has 0 saturated carbocycles. The fourth-order valence-electron chi connectivity index (χ4n) is 2.17. The number of hydrogen-bond donors (Lipinski definition) is 1. The number of aryl methyl sites for hydroxylation is 1. The van der Waals surface area contributed by atoms with Gasteiger partial charge in [0.25, 0.3) is 0 Å². The molecule has 1 aliphatic rings. The van der Waals surface area contributed by atoms with Crippen molar-refractivity contribution in [1.82, 2.24) is 15.2 Å². The molecule has 0 radical (unpaired) electrons. The summed E-state index contributed by atoms with van der Waals surface area (Å²) in [6.45, 7) is 6.40. The molecule has 1 amide bonds. The second-order valence-corrected chi connectivity index (χ2v) is 5.34. The van der Waals surface area contributed by atoms with E-state index in [0.29, 0.717) is 6.54 Å². The molecule has 94 valence electrons. The number of amides is 1. The molecule has 0 spiro atoms. The number of likely N-dealkylation sites (tertiary alicyclic amines) is 1. The van der Waals surface area contributed by atoms with Crippen LogP contribution in [0.15, 0.2) is 5.38 Å². The maximum absolute atomic E-state index is 12.2. The number of nitrogens with zero attached hydrogens (tertiary/aromatic N) is 2. The average molecular weight is 253 g/mol. The normalized spacial score (nSPS) is 20.9. The highest BCUT2D eigenvalue weighted by molar-refractivity contribution is 7.09. The standard InChI is InChI=1S/C12H19N3OS/c1-3-13-10-5-4-6-15(12(10)16)7-11-14-9(2)8-17-11/h8,10,13H,3-7H2,1-2H3. The highest BCUT2D eigenvalue weighted by Crippen LogP contribution is 2.17. The molecule has 0 aromatic carbocycles. The summed E-state index contributed by atoms with van der Waals surface area (Å²) in [6.07, 6.45) is 2.04. The van der Waals surface area contributed by atoms with E-state index < -0.39 is 0 Å². The number of likely N-dealkylation sites (N-methyl/N-ethyl adjacent to an activating group) is 1. The second-order valence-electron chi connectivity index (χ2n) is 4.39. The first kappa shape index (κ1) is 12.5. The quantitative estimate of drug-likeness (QED) is 0.885. The number of carbonyl (C=O) groups is 1. The topological polar surface area (TPSA) is 45.2 Å². The Balaban J connectivity index is 1.98. The lowest BCUT2D eigenvalue weighted by atomic mass is 10.0. The van der Waals surface area contributed by atoms with Crippen molar-refractivity contribution < 1.29 is 4.79 Å². The van der Waals surface area contributed by atoms with E-state index in [0.717, 1.165) is 36.6 Å². The SMILES string of the molecule is CCNC1CCCN(Cc2nc(C)cs2)C1=O. The summed E-state index contributed by atoms with van der Waals surface area (Å²) in [7, 11) is 0. The maximum Gasteiger partial charge on any atom is 0.240 e. The lowest BCUT2D eigenvalue weighted by Gasteiger charge is -2.32. The van der Waals surface area contributed by atoms with Crippen LogP contribution < -0.4 is 5.32 Å². The van der Waals surface area contributed by atoms with Gasteiger partial charge in [0.15, 0.2) is 0 Å². The fourth-order valence-corrected chi connectivity index (χ4v) is 2.96. The lowest BCUT2D eigenvalue weighted by Crippen LogP contribution is -2.50. The van der Waals surface area contributed by atoms with Crippen LogP contribution in [0.4, 0.5) is 0 Å². The molecule has 0 bridgehead atoms. The number of piperidine rings is 1. The number of nitrogens with one attached hydrogen (secondary N) is 1. The summed E-state index contributed by atoms with van der Waals surface area (Å²) in [5.41, 5.74) is 1.04. The van der Waals surface area contributed by atoms with E-state index in [1.807, 2.05) is 24.1 Å². The van der Waals surface area contributed by atoms with Crippen molar-refractivity contribution in [3.8, 4) is 0 Å². The molecule has 1 fully saturated rings. The summed E-state index contributed by atoms with van der Waals surface area (Å²) < 4.78 is 0. The minimum Gasteiger partial charge on any atom is -0.335 e. The summed E-state index contributed by atoms with van der Waals surface area (Å²) >= 11 is 1.63. The van der Waals surface area contributed by atoms with Gasteiger partial charge in [-0.25, -0.2) is 4.98 Å². The molecule has 2 rings (SSSR count). The molecule has 1 aromatic rings. The molecule has 5 heteroatoms. The van der Waals surface area contributed by atoms with Crippen molar-refractivity contribution in [1.29, 1.82) is 0 Å². The summed E-state index contributed by atoms with van der Waals surface area (Å²) in [5, 5.41) is 6.32. The summed E-state index contributed by atoms with van der Waals surface area (Å²) in [6, 6.07) is 0.00908. The minimum absolute atomic E-state index is 0.00908. The first-order valence-electron chi connectivity index (χ1n) is 6.14. The third-order valence-electron chi connectivity index (χ3n) is 2.97. The molecule has 1 saturated heterocycles. The Hall–Kier alpha value is -0.940. The van der Waals surface area contributed by atoms with Crippen LogP contribution in [0.3, 0.4) is 0 Å². The Labute approximate surface area is 106 Å². The molecule has 4 nitrogen and oxygen atoms in total. The number of thiazole rings is 1. The van der Waals surface area contributed by atoms with Gasteiger partial charge in [0.05, 0.1) is 12.6 Å². The van der Waals surface area contributed by atoms with E-state index in [4.69, 9.17) is 0 Å². The van der Waals surface area contributed by atoms with Gasteiger partial charge < -0.3 is 10.2 Å². The Morgan fingerprint density at radius 1 is 1.65 bits per heavy atom. The van der Waals surface area contributed by atoms with E-state index in [2.05, 4.69) is 10.3 Å². The first-order chi connectivity index (χ1) is 8.20. The van der Waals surface area contributed by atoms with E-state index in [1.54, 1.807) is 11.3 Å². The van der Waals surface area contributed by atoms with Crippen molar-refractivity contribution in [3.05, 3.63) is 16.1 Å². The first-order valence-corrected chi connectivity index (χ1v) is 7.02. The largest absolute Gasteiger partial charge is 0.335 e. The Morgan fingerprint density at radius 3 is 3.12 bits per heavy atom. The third-order valence-corrected chi connectivity index (χ3v) is 3.93. The molecule has 1 atom stereocenters. The highest BCUT2D eigenvalue weighted by Gasteiger charge is 2.28. The Morgan fingerprint density at radius 2 is 2.47 bits per heavy atom. The van der Waals surface area contributed by atoms with Crippen LogP contribution in [0.25, 0.3) is 0 Å². The molecule has 1 unspecified atom stereocenters.